The first-order valence-corrected chi connectivity index (χ1v) is 8.17. The second-order valence-corrected chi connectivity index (χ2v) is 6.49. The van der Waals surface area contributed by atoms with E-state index in [2.05, 4.69) is 51.6 Å². The lowest BCUT2D eigenvalue weighted by atomic mass is 10.1. The molecule has 0 fully saturated rings. The van der Waals surface area contributed by atoms with Crippen molar-refractivity contribution in [2.24, 2.45) is 7.05 Å². The summed E-state index contributed by atoms with van der Waals surface area (Å²) in [6, 6.07) is 2.55. The molecule has 1 N–H and O–H groups in total. The maximum atomic E-state index is 4.47. The smallest absolute Gasteiger partial charge is 0.0738 e. The van der Waals surface area contributed by atoms with Crippen LogP contribution in [-0.4, -0.2) is 16.3 Å². The van der Waals surface area contributed by atoms with Gasteiger partial charge in [-0.05, 0) is 53.3 Å². The highest BCUT2D eigenvalue weighted by atomic mass is 79.9. The van der Waals surface area contributed by atoms with Crippen molar-refractivity contribution in [1.82, 2.24) is 15.1 Å². The number of nitrogens with one attached hydrogen (secondary N) is 1. The van der Waals surface area contributed by atoms with Gasteiger partial charge in [0, 0.05) is 24.4 Å². The third kappa shape index (κ3) is 3.09. The molecule has 1 atom stereocenters. The molecule has 2 rings (SSSR count). The summed E-state index contributed by atoms with van der Waals surface area (Å²) < 4.78 is 3.11. The number of nitrogens with zero attached hydrogens (tertiary/aromatic N) is 2. The van der Waals surface area contributed by atoms with Gasteiger partial charge in [-0.3, -0.25) is 4.68 Å². The van der Waals surface area contributed by atoms with E-state index in [1.54, 1.807) is 0 Å². The molecule has 0 aromatic carbocycles. The van der Waals surface area contributed by atoms with Gasteiger partial charge in [0.1, 0.15) is 0 Å². The first kappa shape index (κ1) is 14.8. The van der Waals surface area contributed by atoms with Gasteiger partial charge in [0.05, 0.1) is 15.9 Å². The van der Waals surface area contributed by atoms with Gasteiger partial charge in [-0.1, -0.05) is 6.92 Å². The van der Waals surface area contributed by atoms with Crippen LogP contribution in [0.3, 0.4) is 0 Å². The first-order valence-electron chi connectivity index (χ1n) is 6.50. The largest absolute Gasteiger partial charge is 0.309 e. The summed E-state index contributed by atoms with van der Waals surface area (Å²) in [6.45, 7) is 7.34. The Kier molecular flexibility index (Phi) is 4.81. The van der Waals surface area contributed by atoms with Crippen LogP contribution >= 0.6 is 27.3 Å². The average molecular weight is 342 g/mol. The fourth-order valence-electron chi connectivity index (χ4n) is 2.34. The highest BCUT2D eigenvalue weighted by molar-refractivity contribution is 9.10. The summed E-state index contributed by atoms with van der Waals surface area (Å²) in [4.78, 5) is 1.42. The molecule has 0 spiro atoms. The molecule has 2 aromatic heterocycles. The number of hydrogen-bond acceptors (Lipinski definition) is 3. The zero-order valence-electron chi connectivity index (χ0n) is 11.8. The molecular formula is C14H20BrN3S. The molecule has 0 aliphatic rings. The van der Waals surface area contributed by atoms with Crippen LogP contribution in [-0.2, 0) is 13.5 Å². The Labute approximate surface area is 127 Å². The van der Waals surface area contributed by atoms with Gasteiger partial charge in [-0.15, -0.1) is 11.3 Å². The van der Waals surface area contributed by atoms with E-state index in [1.807, 2.05) is 30.0 Å². The van der Waals surface area contributed by atoms with Crippen LogP contribution in [0.2, 0.25) is 0 Å². The fraction of sp³-hybridized carbons (Fsp3) is 0.500. The van der Waals surface area contributed by atoms with Crippen LogP contribution in [0.25, 0.3) is 0 Å². The Bertz CT molecular complexity index is 559. The van der Waals surface area contributed by atoms with Crippen LogP contribution in [0, 0.1) is 13.8 Å². The summed E-state index contributed by atoms with van der Waals surface area (Å²) in [7, 11) is 2.01. The Balaban J connectivity index is 2.29. The molecule has 0 saturated carbocycles. The van der Waals surface area contributed by atoms with Gasteiger partial charge < -0.3 is 5.32 Å². The molecule has 0 bridgehead atoms. The molecular weight excluding hydrogens is 322 g/mol. The van der Waals surface area contributed by atoms with Crippen molar-refractivity contribution in [3.8, 4) is 0 Å². The summed E-state index contributed by atoms with van der Waals surface area (Å²) >= 11 is 5.48. The van der Waals surface area contributed by atoms with Crippen molar-refractivity contribution in [1.29, 1.82) is 0 Å². The van der Waals surface area contributed by atoms with Crippen LogP contribution < -0.4 is 5.32 Å². The summed E-state index contributed by atoms with van der Waals surface area (Å²) in [5.41, 5.74) is 3.66. The third-order valence-corrected chi connectivity index (χ3v) is 5.49. The lowest BCUT2D eigenvalue weighted by Gasteiger charge is -2.18. The van der Waals surface area contributed by atoms with Crippen LogP contribution in [0.5, 0.6) is 0 Å². The van der Waals surface area contributed by atoms with E-state index in [9.17, 15) is 0 Å². The first-order chi connectivity index (χ1) is 9.04. The molecule has 0 aliphatic heterocycles. The molecule has 19 heavy (non-hydrogen) atoms. The van der Waals surface area contributed by atoms with Gasteiger partial charge in [0.2, 0.25) is 0 Å². The van der Waals surface area contributed by atoms with Crippen molar-refractivity contribution < 1.29 is 0 Å². The number of aryl methyl sites for hydroxylation is 3. The predicted molar refractivity (Wildman–Crippen MR) is 84.8 cm³/mol. The Morgan fingerprint density at radius 2 is 2.21 bits per heavy atom. The van der Waals surface area contributed by atoms with Crippen molar-refractivity contribution in [2.45, 2.75) is 33.2 Å². The van der Waals surface area contributed by atoms with E-state index >= 15 is 0 Å². The molecule has 0 amide bonds. The Morgan fingerprint density at radius 3 is 2.68 bits per heavy atom. The van der Waals surface area contributed by atoms with E-state index in [1.165, 1.54) is 16.1 Å². The molecule has 2 heterocycles. The molecule has 5 heteroatoms. The minimum Gasteiger partial charge on any atom is -0.309 e. The lowest BCUT2D eigenvalue weighted by Crippen LogP contribution is -2.23. The van der Waals surface area contributed by atoms with E-state index in [4.69, 9.17) is 0 Å². The standard InChI is InChI=1S/C14H20BrN3S/c1-5-16-11(14-9(2)6-7-19-14)8-12-13(15)10(3)17-18(12)4/h6-7,11,16H,5,8H2,1-4H3. The second kappa shape index (κ2) is 6.20. The molecule has 3 nitrogen and oxygen atoms in total. The van der Waals surface area contributed by atoms with E-state index < -0.39 is 0 Å². The molecule has 2 aromatic rings. The Morgan fingerprint density at radius 1 is 1.47 bits per heavy atom. The molecule has 0 aliphatic carbocycles. The van der Waals surface area contributed by atoms with Gasteiger partial charge in [-0.2, -0.15) is 5.10 Å². The second-order valence-electron chi connectivity index (χ2n) is 4.75. The van der Waals surface area contributed by atoms with Crippen molar-refractivity contribution in [2.75, 3.05) is 6.54 Å². The lowest BCUT2D eigenvalue weighted by molar-refractivity contribution is 0.533. The zero-order chi connectivity index (χ0) is 14.0. The number of likely N-dealkylation sites (N-methyl/N-ethyl adjacent to an activating group) is 1. The van der Waals surface area contributed by atoms with E-state index in [-0.39, 0.29) is 0 Å². The molecule has 0 saturated heterocycles. The minimum absolute atomic E-state index is 0.358. The van der Waals surface area contributed by atoms with Crippen LogP contribution in [0.4, 0.5) is 0 Å². The number of thiophene rings is 1. The van der Waals surface area contributed by atoms with Gasteiger partial charge in [-0.25, -0.2) is 0 Å². The van der Waals surface area contributed by atoms with Crippen LogP contribution in [0.15, 0.2) is 15.9 Å². The fourth-order valence-corrected chi connectivity index (χ4v) is 3.84. The Hall–Kier alpha value is -0.650. The van der Waals surface area contributed by atoms with Crippen LogP contribution in [0.1, 0.15) is 34.8 Å². The topological polar surface area (TPSA) is 29.9 Å². The van der Waals surface area contributed by atoms with Gasteiger partial charge in [0.15, 0.2) is 0 Å². The summed E-state index contributed by atoms with van der Waals surface area (Å²) in [5, 5.41) is 10.2. The minimum atomic E-state index is 0.358. The summed E-state index contributed by atoms with van der Waals surface area (Å²) in [6.07, 6.45) is 0.952. The molecule has 104 valence electrons. The number of hydrogen-bond donors (Lipinski definition) is 1. The normalized spacial score (nSPS) is 12.9. The maximum absolute atomic E-state index is 4.47. The van der Waals surface area contributed by atoms with E-state index in [0.717, 1.165) is 23.1 Å². The average Bonchev–Trinajstić information content (AvgIpc) is 2.88. The number of halogens is 1. The predicted octanol–water partition coefficient (Wildman–Crippen LogP) is 3.75. The number of rotatable bonds is 5. The zero-order valence-corrected chi connectivity index (χ0v) is 14.2. The quantitative estimate of drug-likeness (QED) is 0.897. The SMILES string of the molecule is CCNC(Cc1c(Br)c(C)nn1C)c1sccc1C. The van der Waals surface area contributed by atoms with Crippen molar-refractivity contribution >= 4 is 27.3 Å². The van der Waals surface area contributed by atoms with Crippen molar-refractivity contribution in [3.63, 3.8) is 0 Å². The van der Waals surface area contributed by atoms with E-state index in [0.29, 0.717) is 6.04 Å². The number of aromatic nitrogens is 2. The monoisotopic (exact) mass is 341 g/mol. The maximum Gasteiger partial charge on any atom is 0.0738 e. The third-order valence-electron chi connectivity index (χ3n) is 3.33. The van der Waals surface area contributed by atoms with Gasteiger partial charge in [0.25, 0.3) is 0 Å². The molecule has 0 radical (unpaired) electrons. The molecule has 1 unspecified atom stereocenters. The highest BCUT2D eigenvalue weighted by Gasteiger charge is 2.19. The summed E-state index contributed by atoms with van der Waals surface area (Å²) in [5.74, 6) is 0. The van der Waals surface area contributed by atoms with Crippen molar-refractivity contribution in [3.05, 3.63) is 37.7 Å². The highest BCUT2D eigenvalue weighted by Crippen LogP contribution is 2.30. The van der Waals surface area contributed by atoms with Gasteiger partial charge >= 0.3 is 0 Å².